The first-order chi connectivity index (χ1) is 7.93. The Balaban J connectivity index is 2.44. The van der Waals surface area contributed by atoms with Crippen LogP contribution in [0.2, 0.25) is 0 Å². The Morgan fingerprint density at radius 3 is 2.18 bits per heavy atom. The first-order valence-electron chi connectivity index (χ1n) is 6.21. The number of rotatable bonds is 5. The summed E-state index contributed by atoms with van der Waals surface area (Å²) in [7, 11) is 0. The maximum Gasteiger partial charge on any atom is 0.307 e. The molecule has 2 N–H and O–H groups in total. The number of carbonyl (C=O) groups is 2. The van der Waals surface area contributed by atoms with Crippen LogP contribution in [0.4, 0.5) is 0 Å². The molecule has 3 atom stereocenters. The number of carboxylic acids is 1. The molecule has 1 fully saturated rings. The van der Waals surface area contributed by atoms with Gasteiger partial charge in [-0.25, -0.2) is 0 Å². The van der Waals surface area contributed by atoms with Crippen LogP contribution < -0.4 is 5.32 Å². The van der Waals surface area contributed by atoms with Crippen LogP contribution in [0.3, 0.4) is 0 Å². The van der Waals surface area contributed by atoms with Crippen molar-refractivity contribution in [2.45, 2.75) is 45.7 Å². The predicted molar refractivity (Wildman–Crippen MR) is 64.7 cm³/mol. The van der Waals surface area contributed by atoms with Crippen LogP contribution >= 0.6 is 0 Å². The van der Waals surface area contributed by atoms with Crippen molar-refractivity contribution in [1.82, 2.24) is 10.2 Å². The molecule has 1 aliphatic rings. The second-order valence-electron chi connectivity index (χ2n) is 4.84. The molecule has 0 spiro atoms. The standard InChI is InChI=1S/C12H22N2O3/c1-8(12(16)17)9(2)13-10(3)11(15)14-6-4-5-7-14/h8-10,13H,4-7H2,1-3H3,(H,16,17). The van der Waals surface area contributed by atoms with Gasteiger partial charge >= 0.3 is 5.97 Å². The molecule has 0 bridgehead atoms. The van der Waals surface area contributed by atoms with E-state index in [2.05, 4.69) is 5.32 Å². The molecule has 5 nitrogen and oxygen atoms in total. The minimum atomic E-state index is -0.842. The van der Waals surface area contributed by atoms with Crippen LogP contribution in [0.1, 0.15) is 33.6 Å². The zero-order chi connectivity index (χ0) is 13.0. The van der Waals surface area contributed by atoms with Gasteiger partial charge in [0.1, 0.15) is 0 Å². The number of nitrogens with zero attached hydrogens (tertiary/aromatic N) is 1. The fourth-order valence-electron chi connectivity index (χ4n) is 2.04. The van der Waals surface area contributed by atoms with E-state index >= 15 is 0 Å². The molecule has 1 saturated heterocycles. The Labute approximate surface area is 102 Å². The quantitative estimate of drug-likeness (QED) is 0.744. The monoisotopic (exact) mass is 242 g/mol. The highest BCUT2D eigenvalue weighted by molar-refractivity contribution is 5.81. The summed E-state index contributed by atoms with van der Waals surface area (Å²) in [6.45, 7) is 6.90. The Bertz CT molecular complexity index is 287. The minimum absolute atomic E-state index is 0.0759. The lowest BCUT2D eigenvalue weighted by Crippen LogP contribution is -2.49. The third kappa shape index (κ3) is 3.70. The molecule has 0 aliphatic carbocycles. The molecule has 1 rings (SSSR count). The Kier molecular flexibility index (Phi) is 4.93. The second kappa shape index (κ2) is 6.00. The summed E-state index contributed by atoms with van der Waals surface area (Å²) in [6, 6.07) is -0.529. The molecule has 1 aliphatic heterocycles. The molecular weight excluding hydrogens is 220 g/mol. The third-order valence-corrected chi connectivity index (χ3v) is 3.44. The van der Waals surface area contributed by atoms with Crippen molar-refractivity contribution in [1.29, 1.82) is 0 Å². The fraction of sp³-hybridized carbons (Fsp3) is 0.833. The van der Waals surface area contributed by atoms with E-state index in [4.69, 9.17) is 5.11 Å². The number of amides is 1. The van der Waals surface area contributed by atoms with Crippen molar-refractivity contribution in [2.75, 3.05) is 13.1 Å². The van der Waals surface area contributed by atoms with Gasteiger partial charge in [0.05, 0.1) is 12.0 Å². The highest BCUT2D eigenvalue weighted by atomic mass is 16.4. The average Bonchev–Trinajstić information content (AvgIpc) is 2.79. The summed E-state index contributed by atoms with van der Waals surface area (Å²) >= 11 is 0. The molecule has 3 unspecified atom stereocenters. The van der Waals surface area contributed by atoms with Crippen LogP contribution in [-0.2, 0) is 9.59 Å². The predicted octanol–water partition coefficient (Wildman–Crippen LogP) is 0.696. The first kappa shape index (κ1) is 14.0. The van der Waals surface area contributed by atoms with E-state index < -0.39 is 11.9 Å². The van der Waals surface area contributed by atoms with Gasteiger partial charge in [0.25, 0.3) is 0 Å². The molecule has 98 valence electrons. The summed E-state index contributed by atoms with van der Waals surface area (Å²) < 4.78 is 0. The largest absolute Gasteiger partial charge is 0.481 e. The molecule has 17 heavy (non-hydrogen) atoms. The maximum absolute atomic E-state index is 12.0. The third-order valence-electron chi connectivity index (χ3n) is 3.44. The summed E-state index contributed by atoms with van der Waals surface area (Å²) in [4.78, 5) is 24.6. The van der Waals surface area contributed by atoms with Gasteiger partial charge in [-0.2, -0.15) is 0 Å². The Hall–Kier alpha value is -1.10. The maximum atomic E-state index is 12.0. The molecule has 0 aromatic carbocycles. The smallest absolute Gasteiger partial charge is 0.307 e. The van der Waals surface area contributed by atoms with Crippen molar-refractivity contribution in [2.24, 2.45) is 5.92 Å². The normalized spacial score (nSPS) is 21.0. The van der Waals surface area contributed by atoms with Gasteiger partial charge in [-0.3, -0.25) is 9.59 Å². The molecule has 1 heterocycles. The minimum Gasteiger partial charge on any atom is -0.481 e. The van der Waals surface area contributed by atoms with Crippen LogP contribution in [0.15, 0.2) is 0 Å². The number of carbonyl (C=O) groups excluding carboxylic acids is 1. The Morgan fingerprint density at radius 1 is 1.18 bits per heavy atom. The summed E-state index contributed by atoms with van der Waals surface area (Å²) in [5.41, 5.74) is 0. The SMILES string of the molecule is CC(NC(C)C(C)C(=O)O)C(=O)N1CCCC1. The lowest BCUT2D eigenvalue weighted by molar-refractivity contribution is -0.142. The molecule has 0 aromatic rings. The van der Waals surface area contributed by atoms with E-state index in [1.807, 2.05) is 4.90 Å². The Morgan fingerprint density at radius 2 is 1.71 bits per heavy atom. The van der Waals surface area contributed by atoms with Crippen LogP contribution in [0.25, 0.3) is 0 Å². The number of carboxylic acid groups (broad SMARTS) is 1. The van der Waals surface area contributed by atoms with Crippen molar-refractivity contribution >= 4 is 11.9 Å². The molecule has 0 radical (unpaired) electrons. The number of hydrogen-bond donors (Lipinski definition) is 2. The van der Waals surface area contributed by atoms with Gasteiger partial charge in [-0.15, -0.1) is 0 Å². The van der Waals surface area contributed by atoms with Gasteiger partial charge in [-0.05, 0) is 26.7 Å². The first-order valence-corrected chi connectivity index (χ1v) is 6.21. The number of aliphatic carboxylic acids is 1. The number of nitrogens with one attached hydrogen (secondary N) is 1. The molecule has 0 saturated carbocycles. The lowest BCUT2D eigenvalue weighted by Gasteiger charge is -2.25. The molecule has 5 heteroatoms. The van der Waals surface area contributed by atoms with Gasteiger partial charge < -0.3 is 15.3 Å². The zero-order valence-corrected chi connectivity index (χ0v) is 10.8. The molecule has 1 amide bonds. The van der Waals surface area contributed by atoms with Gasteiger partial charge in [0, 0.05) is 19.1 Å². The van der Waals surface area contributed by atoms with Crippen molar-refractivity contribution in [3.8, 4) is 0 Å². The molecular formula is C12H22N2O3. The molecule has 0 aromatic heterocycles. The topological polar surface area (TPSA) is 69.6 Å². The highest BCUT2D eigenvalue weighted by Gasteiger charge is 2.27. The van der Waals surface area contributed by atoms with E-state index in [0.29, 0.717) is 0 Å². The highest BCUT2D eigenvalue weighted by Crippen LogP contribution is 2.10. The van der Waals surface area contributed by atoms with Gasteiger partial charge in [0.15, 0.2) is 0 Å². The van der Waals surface area contributed by atoms with E-state index in [-0.39, 0.29) is 18.0 Å². The van der Waals surface area contributed by atoms with Gasteiger partial charge in [-0.1, -0.05) is 6.92 Å². The van der Waals surface area contributed by atoms with Crippen LogP contribution in [0.5, 0.6) is 0 Å². The van der Waals surface area contributed by atoms with Crippen molar-refractivity contribution < 1.29 is 14.7 Å². The zero-order valence-electron chi connectivity index (χ0n) is 10.8. The average molecular weight is 242 g/mol. The fourth-order valence-corrected chi connectivity index (χ4v) is 2.04. The van der Waals surface area contributed by atoms with Gasteiger partial charge in [0.2, 0.25) is 5.91 Å². The van der Waals surface area contributed by atoms with Crippen molar-refractivity contribution in [3.63, 3.8) is 0 Å². The summed E-state index contributed by atoms with van der Waals surface area (Å²) in [5, 5.41) is 11.9. The van der Waals surface area contributed by atoms with E-state index in [1.54, 1.807) is 20.8 Å². The van der Waals surface area contributed by atoms with Crippen molar-refractivity contribution in [3.05, 3.63) is 0 Å². The van der Waals surface area contributed by atoms with E-state index in [1.165, 1.54) is 0 Å². The van der Waals surface area contributed by atoms with E-state index in [0.717, 1.165) is 25.9 Å². The second-order valence-corrected chi connectivity index (χ2v) is 4.84. The summed E-state index contributed by atoms with van der Waals surface area (Å²) in [5.74, 6) is -1.26. The van der Waals surface area contributed by atoms with Crippen LogP contribution in [-0.4, -0.2) is 47.1 Å². The van der Waals surface area contributed by atoms with Crippen LogP contribution in [0, 0.1) is 5.92 Å². The number of likely N-dealkylation sites (tertiary alicyclic amines) is 1. The summed E-state index contributed by atoms with van der Waals surface area (Å²) in [6.07, 6.45) is 2.14. The lowest BCUT2D eigenvalue weighted by atomic mass is 10.0. The number of hydrogen-bond acceptors (Lipinski definition) is 3. The van der Waals surface area contributed by atoms with E-state index in [9.17, 15) is 9.59 Å².